The SMILES string of the molecule is CCN(CC1CCC1)c1ccc(C(C)NC)c(Br)c1. The van der Waals surface area contributed by atoms with E-state index >= 15 is 0 Å². The maximum Gasteiger partial charge on any atom is 0.0377 e. The van der Waals surface area contributed by atoms with Crippen molar-refractivity contribution in [2.45, 2.75) is 39.2 Å². The van der Waals surface area contributed by atoms with Crippen LogP contribution in [-0.4, -0.2) is 20.1 Å². The summed E-state index contributed by atoms with van der Waals surface area (Å²) in [6, 6.07) is 7.15. The van der Waals surface area contributed by atoms with Gasteiger partial charge in [0.15, 0.2) is 0 Å². The highest BCUT2D eigenvalue weighted by molar-refractivity contribution is 9.10. The summed E-state index contributed by atoms with van der Waals surface area (Å²) in [5, 5.41) is 3.29. The van der Waals surface area contributed by atoms with Crippen LogP contribution in [0.2, 0.25) is 0 Å². The Morgan fingerprint density at radius 3 is 2.63 bits per heavy atom. The van der Waals surface area contributed by atoms with E-state index in [0.29, 0.717) is 6.04 Å². The third kappa shape index (κ3) is 3.51. The van der Waals surface area contributed by atoms with E-state index in [1.165, 1.54) is 41.5 Å². The molecule has 0 spiro atoms. The Labute approximate surface area is 125 Å². The summed E-state index contributed by atoms with van der Waals surface area (Å²) in [7, 11) is 2.00. The topological polar surface area (TPSA) is 15.3 Å². The van der Waals surface area contributed by atoms with Crippen LogP contribution < -0.4 is 10.2 Å². The van der Waals surface area contributed by atoms with Crippen molar-refractivity contribution in [1.82, 2.24) is 5.32 Å². The predicted molar refractivity (Wildman–Crippen MR) is 86.8 cm³/mol. The number of halogens is 1. The zero-order valence-corrected chi connectivity index (χ0v) is 13.8. The van der Waals surface area contributed by atoms with Crippen molar-refractivity contribution in [3.63, 3.8) is 0 Å². The summed E-state index contributed by atoms with van der Waals surface area (Å²) in [5.74, 6) is 0.912. The maximum atomic E-state index is 3.72. The summed E-state index contributed by atoms with van der Waals surface area (Å²) in [6.07, 6.45) is 4.24. The van der Waals surface area contributed by atoms with Gasteiger partial charge in [0.25, 0.3) is 0 Å². The second kappa shape index (κ2) is 6.76. The van der Waals surface area contributed by atoms with Gasteiger partial charge in [0.05, 0.1) is 0 Å². The van der Waals surface area contributed by atoms with Crippen LogP contribution >= 0.6 is 15.9 Å². The monoisotopic (exact) mass is 324 g/mol. The van der Waals surface area contributed by atoms with Crippen LogP contribution in [0, 0.1) is 5.92 Å². The molecule has 0 bridgehead atoms. The lowest BCUT2D eigenvalue weighted by Gasteiger charge is -2.33. The molecule has 1 aromatic rings. The molecule has 0 radical (unpaired) electrons. The van der Waals surface area contributed by atoms with Crippen LogP contribution in [0.15, 0.2) is 22.7 Å². The van der Waals surface area contributed by atoms with E-state index in [9.17, 15) is 0 Å². The molecular formula is C16H25BrN2. The third-order valence-electron chi connectivity index (χ3n) is 4.33. The van der Waals surface area contributed by atoms with Gasteiger partial charge in [-0.25, -0.2) is 0 Å². The van der Waals surface area contributed by atoms with Gasteiger partial charge in [-0.15, -0.1) is 0 Å². The second-order valence-electron chi connectivity index (χ2n) is 5.55. The zero-order valence-electron chi connectivity index (χ0n) is 12.2. The molecule has 1 unspecified atom stereocenters. The first-order valence-corrected chi connectivity index (χ1v) is 8.16. The standard InChI is InChI=1S/C16H25BrN2/c1-4-19(11-13-6-5-7-13)14-8-9-15(12(2)18-3)16(17)10-14/h8-10,12-13,18H,4-7,11H2,1-3H3. The molecule has 1 N–H and O–H groups in total. The number of benzene rings is 1. The molecule has 0 heterocycles. The average Bonchev–Trinajstić information content (AvgIpc) is 2.37. The molecule has 1 aliphatic carbocycles. The fourth-order valence-corrected chi connectivity index (χ4v) is 3.33. The van der Waals surface area contributed by atoms with Crippen LogP contribution in [-0.2, 0) is 0 Å². The minimum atomic E-state index is 0.380. The Balaban J connectivity index is 2.12. The Morgan fingerprint density at radius 1 is 1.42 bits per heavy atom. The summed E-state index contributed by atoms with van der Waals surface area (Å²) >= 11 is 3.72. The average molecular weight is 325 g/mol. The van der Waals surface area contributed by atoms with Crippen LogP contribution in [0.25, 0.3) is 0 Å². The summed E-state index contributed by atoms with van der Waals surface area (Å²) in [5.41, 5.74) is 2.67. The molecule has 1 fully saturated rings. The second-order valence-corrected chi connectivity index (χ2v) is 6.41. The van der Waals surface area contributed by atoms with Gasteiger partial charge >= 0.3 is 0 Å². The number of nitrogens with zero attached hydrogens (tertiary/aromatic N) is 1. The van der Waals surface area contributed by atoms with Crippen molar-refractivity contribution < 1.29 is 0 Å². The van der Waals surface area contributed by atoms with Gasteiger partial charge in [-0.2, -0.15) is 0 Å². The minimum Gasteiger partial charge on any atom is -0.372 e. The first-order valence-electron chi connectivity index (χ1n) is 7.37. The molecule has 0 aromatic heterocycles. The molecule has 1 atom stereocenters. The van der Waals surface area contributed by atoms with E-state index in [4.69, 9.17) is 0 Å². The zero-order chi connectivity index (χ0) is 13.8. The lowest BCUT2D eigenvalue weighted by atomic mass is 9.85. The minimum absolute atomic E-state index is 0.380. The summed E-state index contributed by atoms with van der Waals surface area (Å²) in [4.78, 5) is 2.50. The van der Waals surface area contributed by atoms with Crippen LogP contribution in [0.5, 0.6) is 0 Å². The number of rotatable bonds is 6. The van der Waals surface area contributed by atoms with Crippen LogP contribution in [0.1, 0.15) is 44.7 Å². The van der Waals surface area contributed by atoms with Gasteiger partial charge in [0.1, 0.15) is 0 Å². The molecule has 1 aromatic carbocycles. The quantitative estimate of drug-likeness (QED) is 0.836. The van der Waals surface area contributed by atoms with Gasteiger partial charge in [-0.3, -0.25) is 0 Å². The number of anilines is 1. The van der Waals surface area contributed by atoms with Crippen LogP contribution in [0.3, 0.4) is 0 Å². The van der Waals surface area contributed by atoms with Gasteiger partial charge in [0.2, 0.25) is 0 Å². The molecule has 2 rings (SSSR count). The van der Waals surface area contributed by atoms with E-state index < -0.39 is 0 Å². The van der Waals surface area contributed by atoms with Crippen molar-refractivity contribution in [3.8, 4) is 0 Å². The number of hydrogen-bond donors (Lipinski definition) is 1. The third-order valence-corrected chi connectivity index (χ3v) is 5.02. The van der Waals surface area contributed by atoms with Crippen LogP contribution in [0.4, 0.5) is 5.69 Å². The van der Waals surface area contributed by atoms with Gasteiger partial charge in [-0.1, -0.05) is 28.4 Å². The van der Waals surface area contributed by atoms with E-state index in [1.54, 1.807) is 0 Å². The molecular weight excluding hydrogens is 300 g/mol. The molecule has 0 aliphatic heterocycles. The van der Waals surface area contributed by atoms with Gasteiger partial charge in [-0.05, 0) is 57.4 Å². The van der Waals surface area contributed by atoms with Crippen molar-refractivity contribution in [1.29, 1.82) is 0 Å². The molecule has 2 nitrogen and oxygen atoms in total. The molecule has 0 saturated heterocycles. The number of hydrogen-bond acceptors (Lipinski definition) is 2. The van der Waals surface area contributed by atoms with Gasteiger partial charge < -0.3 is 10.2 Å². The number of nitrogens with one attached hydrogen (secondary N) is 1. The van der Waals surface area contributed by atoms with Gasteiger partial charge in [0, 0.05) is 29.3 Å². The first-order chi connectivity index (χ1) is 9.15. The highest BCUT2D eigenvalue weighted by Gasteiger charge is 2.20. The Kier molecular flexibility index (Phi) is 5.28. The first kappa shape index (κ1) is 14.9. The molecule has 1 aliphatic rings. The van der Waals surface area contributed by atoms with E-state index in [0.717, 1.165) is 12.5 Å². The Bertz CT molecular complexity index is 415. The fraction of sp³-hybridized carbons (Fsp3) is 0.625. The van der Waals surface area contributed by atoms with Crippen molar-refractivity contribution in [2.75, 3.05) is 25.0 Å². The lowest BCUT2D eigenvalue weighted by Crippen LogP contribution is -2.32. The van der Waals surface area contributed by atoms with Crippen molar-refractivity contribution in [2.24, 2.45) is 5.92 Å². The summed E-state index contributed by atoms with van der Waals surface area (Å²) in [6.45, 7) is 6.73. The van der Waals surface area contributed by atoms with Crippen molar-refractivity contribution in [3.05, 3.63) is 28.2 Å². The lowest BCUT2D eigenvalue weighted by molar-refractivity contribution is 0.318. The maximum absolute atomic E-state index is 3.72. The predicted octanol–water partition coefficient (Wildman–Crippen LogP) is 4.36. The molecule has 106 valence electrons. The molecule has 0 amide bonds. The smallest absolute Gasteiger partial charge is 0.0377 e. The molecule has 19 heavy (non-hydrogen) atoms. The highest BCUT2D eigenvalue weighted by Crippen LogP contribution is 2.31. The van der Waals surface area contributed by atoms with E-state index in [-0.39, 0.29) is 0 Å². The van der Waals surface area contributed by atoms with E-state index in [2.05, 4.69) is 58.2 Å². The molecule has 1 saturated carbocycles. The largest absolute Gasteiger partial charge is 0.372 e. The summed E-state index contributed by atoms with van der Waals surface area (Å²) < 4.78 is 1.21. The Morgan fingerprint density at radius 2 is 2.16 bits per heavy atom. The molecule has 3 heteroatoms. The highest BCUT2D eigenvalue weighted by atomic mass is 79.9. The fourth-order valence-electron chi connectivity index (χ4n) is 2.62. The normalized spacial score (nSPS) is 17.1. The van der Waals surface area contributed by atoms with Crippen molar-refractivity contribution >= 4 is 21.6 Å². The Hall–Kier alpha value is -0.540. The van der Waals surface area contributed by atoms with E-state index in [1.807, 2.05) is 7.05 Å².